The van der Waals surface area contributed by atoms with E-state index in [-0.39, 0.29) is 16.3 Å². The van der Waals surface area contributed by atoms with E-state index < -0.39 is 0 Å². The highest BCUT2D eigenvalue weighted by Gasteiger charge is 2.47. The van der Waals surface area contributed by atoms with Gasteiger partial charge in [-0.15, -0.1) is 11.8 Å². The Hall–Kier alpha value is 0.330. The normalized spacial score (nSPS) is 44.6. The quantitative estimate of drug-likeness (QED) is 0.779. The fourth-order valence-electron chi connectivity index (χ4n) is 3.52. The molecule has 3 saturated heterocycles. The molecule has 0 radical (unpaired) electrons. The summed E-state index contributed by atoms with van der Waals surface area (Å²) < 4.78 is 5.93. The Labute approximate surface area is 118 Å². The molecular weight excluding hydrogens is 264 g/mol. The van der Waals surface area contributed by atoms with Crippen molar-refractivity contribution in [3.05, 3.63) is 0 Å². The topological polar surface area (TPSA) is 26.3 Å². The Kier molecular flexibility index (Phi) is 3.72. The second-order valence-corrected chi connectivity index (χ2v) is 8.77. The van der Waals surface area contributed by atoms with Crippen molar-refractivity contribution in [3.8, 4) is 0 Å². The van der Waals surface area contributed by atoms with Crippen LogP contribution in [0.15, 0.2) is 0 Å². The Balaban J connectivity index is 1.70. The SMILES string of the molecule is CC1(C(=O)C2CCOC3(CCSC3)C2)CCCS1. The molecule has 3 aliphatic rings. The summed E-state index contributed by atoms with van der Waals surface area (Å²) >= 11 is 3.86. The van der Waals surface area contributed by atoms with Crippen molar-refractivity contribution in [3.63, 3.8) is 0 Å². The second-order valence-electron chi connectivity index (χ2n) is 6.07. The number of carbonyl (C=O) groups excluding carboxylic acids is 1. The molecule has 4 heteroatoms. The third-order valence-corrected chi connectivity index (χ3v) is 7.43. The second kappa shape index (κ2) is 5.02. The minimum atomic E-state index is -0.0883. The summed E-state index contributed by atoms with van der Waals surface area (Å²) in [5.41, 5.74) is 0.0445. The third kappa shape index (κ3) is 2.36. The summed E-state index contributed by atoms with van der Waals surface area (Å²) in [6.07, 6.45) is 5.36. The fraction of sp³-hybridized carbons (Fsp3) is 0.929. The number of Topliss-reactive ketones (excluding diaryl/α,β-unsaturated/α-hetero) is 1. The summed E-state index contributed by atoms with van der Waals surface area (Å²) in [4.78, 5) is 12.8. The number of hydrogen-bond acceptors (Lipinski definition) is 4. The molecule has 0 aromatic heterocycles. The molecule has 0 N–H and O–H groups in total. The fourth-order valence-corrected chi connectivity index (χ4v) is 6.24. The van der Waals surface area contributed by atoms with Crippen molar-refractivity contribution in [1.82, 2.24) is 0 Å². The number of hydrogen-bond donors (Lipinski definition) is 0. The van der Waals surface area contributed by atoms with Gasteiger partial charge in [0.15, 0.2) is 5.78 Å². The van der Waals surface area contributed by atoms with E-state index in [9.17, 15) is 4.79 Å². The van der Waals surface area contributed by atoms with E-state index in [1.165, 1.54) is 12.2 Å². The van der Waals surface area contributed by atoms with E-state index in [1.54, 1.807) is 0 Å². The van der Waals surface area contributed by atoms with Crippen molar-refractivity contribution in [2.45, 2.75) is 49.4 Å². The number of rotatable bonds is 2. The van der Waals surface area contributed by atoms with Crippen LogP contribution in [0.2, 0.25) is 0 Å². The molecule has 3 rings (SSSR count). The minimum Gasteiger partial charge on any atom is -0.374 e. The molecule has 3 heterocycles. The summed E-state index contributed by atoms with van der Waals surface area (Å²) in [5.74, 6) is 4.23. The smallest absolute Gasteiger partial charge is 0.151 e. The van der Waals surface area contributed by atoms with E-state index in [1.807, 2.05) is 23.5 Å². The van der Waals surface area contributed by atoms with Gasteiger partial charge in [0.1, 0.15) is 0 Å². The van der Waals surface area contributed by atoms with Crippen molar-refractivity contribution < 1.29 is 9.53 Å². The summed E-state index contributed by atoms with van der Waals surface area (Å²) in [6, 6.07) is 0. The first-order chi connectivity index (χ1) is 8.64. The average Bonchev–Trinajstić information content (AvgIpc) is 2.99. The van der Waals surface area contributed by atoms with Crippen LogP contribution in [0.4, 0.5) is 0 Å². The van der Waals surface area contributed by atoms with E-state index in [4.69, 9.17) is 4.74 Å². The summed E-state index contributed by atoms with van der Waals surface area (Å²) in [6.45, 7) is 2.95. The lowest BCUT2D eigenvalue weighted by molar-refractivity contribution is -0.136. The predicted molar refractivity (Wildman–Crippen MR) is 78.5 cm³/mol. The Morgan fingerprint density at radius 3 is 2.89 bits per heavy atom. The van der Waals surface area contributed by atoms with E-state index in [2.05, 4.69) is 6.92 Å². The van der Waals surface area contributed by atoms with Gasteiger partial charge in [-0.25, -0.2) is 0 Å². The largest absolute Gasteiger partial charge is 0.374 e. The number of ketones is 1. The molecule has 102 valence electrons. The van der Waals surface area contributed by atoms with Crippen LogP contribution in [0.5, 0.6) is 0 Å². The van der Waals surface area contributed by atoms with Crippen LogP contribution in [-0.4, -0.2) is 40.0 Å². The predicted octanol–water partition coefficient (Wildman–Crippen LogP) is 3.14. The van der Waals surface area contributed by atoms with Crippen molar-refractivity contribution >= 4 is 29.3 Å². The van der Waals surface area contributed by atoms with E-state index in [0.29, 0.717) is 5.78 Å². The molecule has 3 atom stereocenters. The van der Waals surface area contributed by atoms with Gasteiger partial charge in [0, 0.05) is 18.3 Å². The molecule has 0 aliphatic carbocycles. The molecule has 0 saturated carbocycles. The summed E-state index contributed by atoms with van der Waals surface area (Å²) in [5, 5.41) is 0. The molecule has 0 amide bonds. The van der Waals surface area contributed by atoms with Gasteiger partial charge < -0.3 is 4.74 Å². The van der Waals surface area contributed by atoms with Crippen LogP contribution in [0.3, 0.4) is 0 Å². The Morgan fingerprint density at radius 1 is 1.33 bits per heavy atom. The molecule has 3 unspecified atom stereocenters. The number of ether oxygens (including phenoxy) is 1. The van der Waals surface area contributed by atoms with Crippen LogP contribution in [0.25, 0.3) is 0 Å². The van der Waals surface area contributed by atoms with E-state index >= 15 is 0 Å². The molecule has 0 bridgehead atoms. The zero-order valence-electron chi connectivity index (χ0n) is 11.1. The first-order valence-corrected chi connectivity index (χ1v) is 9.18. The zero-order valence-corrected chi connectivity index (χ0v) is 12.7. The lowest BCUT2D eigenvalue weighted by Gasteiger charge is -2.39. The van der Waals surface area contributed by atoms with Gasteiger partial charge in [0.2, 0.25) is 0 Å². The van der Waals surface area contributed by atoms with Gasteiger partial charge in [-0.1, -0.05) is 0 Å². The van der Waals surface area contributed by atoms with Gasteiger partial charge in [-0.05, 0) is 50.5 Å². The lowest BCUT2D eigenvalue weighted by atomic mass is 9.79. The highest BCUT2D eigenvalue weighted by atomic mass is 32.2. The summed E-state index contributed by atoms with van der Waals surface area (Å²) in [7, 11) is 0. The molecule has 3 fully saturated rings. The van der Waals surface area contributed by atoms with Gasteiger partial charge in [-0.3, -0.25) is 4.79 Å². The van der Waals surface area contributed by atoms with Gasteiger partial charge in [0.25, 0.3) is 0 Å². The first-order valence-electron chi connectivity index (χ1n) is 7.04. The maximum atomic E-state index is 12.8. The van der Waals surface area contributed by atoms with E-state index in [0.717, 1.165) is 43.8 Å². The highest BCUT2D eigenvalue weighted by molar-refractivity contribution is 8.01. The van der Waals surface area contributed by atoms with Crippen LogP contribution >= 0.6 is 23.5 Å². The average molecular weight is 286 g/mol. The molecule has 3 aliphatic heterocycles. The van der Waals surface area contributed by atoms with Crippen molar-refractivity contribution in [1.29, 1.82) is 0 Å². The zero-order chi connectivity index (χ0) is 12.6. The van der Waals surface area contributed by atoms with Crippen LogP contribution < -0.4 is 0 Å². The minimum absolute atomic E-state index is 0.0445. The molecule has 0 aromatic rings. The highest BCUT2D eigenvalue weighted by Crippen LogP contribution is 2.46. The van der Waals surface area contributed by atoms with Crippen LogP contribution in [-0.2, 0) is 9.53 Å². The van der Waals surface area contributed by atoms with Crippen LogP contribution in [0, 0.1) is 5.92 Å². The molecular formula is C14H22O2S2. The molecule has 0 aromatic carbocycles. The van der Waals surface area contributed by atoms with Crippen molar-refractivity contribution in [2.24, 2.45) is 5.92 Å². The molecule has 18 heavy (non-hydrogen) atoms. The molecule has 1 spiro atoms. The maximum Gasteiger partial charge on any atom is 0.151 e. The monoisotopic (exact) mass is 286 g/mol. The maximum absolute atomic E-state index is 12.8. The number of carbonyl (C=O) groups is 1. The van der Waals surface area contributed by atoms with Gasteiger partial charge in [0.05, 0.1) is 10.3 Å². The Morgan fingerprint density at radius 2 is 2.22 bits per heavy atom. The van der Waals surface area contributed by atoms with Crippen LogP contribution in [0.1, 0.15) is 39.0 Å². The lowest BCUT2D eigenvalue weighted by Crippen LogP contribution is -2.46. The Bertz CT molecular complexity index is 331. The standard InChI is InChI=1S/C14H22O2S2/c1-13(4-2-7-18-13)12(15)11-3-6-16-14(9-11)5-8-17-10-14/h11H,2-10H2,1H3. The van der Waals surface area contributed by atoms with Crippen molar-refractivity contribution in [2.75, 3.05) is 23.9 Å². The first kappa shape index (κ1) is 13.3. The van der Waals surface area contributed by atoms with Gasteiger partial charge in [-0.2, -0.15) is 11.8 Å². The van der Waals surface area contributed by atoms with Gasteiger partial charge >= 0.3 is 0 Å². The number of thioether (sulfide) groups is 2. The molecule has 2 nitrogen and oxygen atoms in total. The third-order valence-electron chi connectivity index (χ3n) is 4.67.